The van der Waals surface area contributed by atoms with Gasteiger partial charge in [-0.25, -0.2) is 0 Å². The number of fused-ring (bicyclic) bond motifs is 5. The van der Waals surface area contributed by atoms with Crippen LogP contribution in [0.4, 0.5) is 0 Å². The molecule has 1 heteroatoms. The third kappa shape index (κ3) is 0.460. The molecule has 1 aliphatic heterocycles. The van der Waals surface area contributed by atoms with Crippen LogP contribution >= 0.6 is 0 Å². The first-order valence-corrected chi connectivity index (χ1v) is 4.62. The third-order valence-corrected chi connectivity index (χ3v) is 4.01. The Labute approximate surface area is 62.2 Å². The van der Waals surface area contributed by atoms with Gasteiger partial charge in [-0.05, 0) is 43.9 Å². The van der Waals surface area contributed by atoms with Gasteiger partial charge in [0, 0.05) is 12.1 Å². The molecule has 0 spiro atoms. The second kappa shape index (κ2) is 1.58. The van der Waals surface area contributed by atoms with Crippen molar-refractivity contribution in [2.24, 2.45) is 17.8 Å². The van der Waals surface area contributed by atoms with Gasteiger partial charge in [-0.3, -0.25) is 0 Å². The predicted octanol–water partition coefficient (Wildman–Crippen LogP) is 1.39. The number of hydrogen-bond donors (Lipinski definition) is 1. The lowest BCUT2D eigenvalue weighted by molar-refractivity contribution is 0.0941. The number of hydrogen-bond acceptors (Lipinski definition) is 1. The van der Waals surface area contributed by atoms with E-state index in [4.69, 9.17) is 0 Å². The molecule has 2 bridgehead atoms. The first-order chi connectivity index (χ1) is 4.86. The molecule has 56 valence electrons. The van der Waals surface area contributed by atoms with E-state index >= 15 is 0 Å². The zero-order valence-electron chi connectivity index (χ0n) is 6.51. The molecule has 10 heavy (non-hydrogen) atoms. The molecule has 2 saturated carbocycles. The molecular weight excluding hydrogens is 122 g/mol. The summed E-state index contributed by atoms with van der Waals surface area (Å²) in [5.41, 5.74) is 0. The van der Waals surface area contributed by atoms with E-state index in [1.165, 1.54) is 12.8 Å². The van der Waals surface area contributed by atoms with Crippen molar-refractivity contribution in [3.63, 3.8) is 0 Å². The van der Waals surface area contributed by atoms with Crippen molar-refractivity contribution in [1.29, 1.82) is 0 Å². The van der Waals surface area contributed by atoms with Gasteiger partial charge in [-0.15, -0.1) is 0 Å². The number of rotatable bonds is 0. The van der Waals surface area contributed by atoms with E-state index in [-0.39, 0.29) is 0 Å². The van der Waals surface area contributed by atoms with Crippen molar-refractivity contribution >= 4 is 0 Å². The first kappa shape index (κ1) is 5.59. The maximum atomic E-state index is 3.64. The molecule has 3 aliphatic rings. The summed E-state index contributed by atoms with van der Waals surface area (Å²) in [5, 5.41) is 3.64. The van der Waals surface area contributed by atoms with Crippen LogP contribution in [0.25, 0.3) is 0 Å². The molecule has 1 nitrogen and oxygen atoms in total. The predicted molar refractivity (Wildman–Crippen MR) is 40.7 cm³/mol. The topological polar surface area (TPSA) is 12.0 Å². The Hall–Kier alpha value is -0.0400. The van der Waals surface area contributed by atoms with E-state index in [1.54, 1.807) is 6.42 Å². The number of nitrogens with one attached hydrogen (secondary N) is 1. The van der Waals surface area contributed by atoms with Crippen LogP contribution < -0.4 is 5.32 Å². The Kier molecular flexibility index (Phi) is 0.883. The van der Waals surface area contributed by atoms with Crippen LogP contribution in [-0.2, 0) is 0 Å². The van der Waals surface area contributed by atoms with Crippen molar-refractivity contribution in [3.8, 4) is 0 Å². The van der Waals surface area contributed by atoms with E-state index < -0.39 is 0 Å². The molecule has 0 radical (unpaired) electrons. The minimum Gasteiger partial charge on any atom is -0.311 e. The van der Waals surface area contributed by atoms with Crippen LogP contribution in [0, 0.1) is 17.8 Å². The molecule has 1 heterocycles. The van der Waals surface area contributed by atoms with Crippen molar-refractivity contribution in [2.45, 2.75) is 38.3 Å². The lowest BCUT2D eigenvalue weighted by Gasteiger charge is -2.47. The molecule has 0 aromatic rings. The Bertz CT molecular complexity index is 164. The zero-order valence-corrected chi connectivity index (χ0v) is 6.51. The van der Waals surface area contributed by atoms with Crippen molar-refractivity contribution in [1.82, 2.24) is 5.32 Å². The van der Waals surface area contributed by atoms with E-state index in [0.717, 1.165) is 29.8 Å². The standard InChI is InChI=1S/C9H15N/c1-5-8-6-2-3-7(4-6)9(8)10-5/h5-10H,2-4H2,1H3. The van der Waals surface area contributed by atoms with Crippen LogP contribution in [-0.4, -0.2) is 12.1 Å². The third-order valence-electron chi connectivity index (χ3n) is 4.01. The van der Waals surface area contributed by atoms with Crippen molar-refractivity contribution in [3.05, 3.63) is 0 Å². The molecule has 0 aromatic carbocycles. The van der Waals surface area contributed by atoms with E-state index in [2.05, 4.69) is 12.2 Å². The van der Waals surface area contributed by atoms with E-state index in [0.29, 0.717) is 0 Å². The smallest absolute Gasteiger partial charge is 0.0144 e. The average Bonchev–Trinajstić information content (AvgIpc) is 2.40. The van der Waals surface area contributed by atoms with Crippen LogP contribution in [0.3, 0.4) is 0 Å². The zero-order chi connectivity index (χ0) is 6.72. The molecule has 3 fully saturated rings. The summed E-state index contributed by atoms with van der Waals surface area (Å²) >= 11 is 0. The summed E-state index contributed by atoms with van der Waals surface area (Å²) in [6, 6.07) is 1.80. The van der Waals surface area contributed by atoms with Crippen LogP contribution in [0.15, 0.2) is 0 Å². The van der Waals surface area contributed by atoms with Gasteiger partial charge in [0.2, 0.25) is 0 Å². The quantitative estimate of drug-likeness (QED) is 0.532. The molecule has 1 saturated heterocycles. The van der Waals surface area contributed by atoms with Gasteiger partial charge >= 0.3 is 0 Å². The van der Waals surface area contributed by atoms with Gasteiger partial charge in [0.05, 0.1) is 0 Å². The molecule has 5 atom stereocenters. The maximum absolute atomic E-state index is 3.64. The Balaban J connectivity index is 1.89. The maximum Gasteiger partial charge on any atom is 0.0144 e. The van der Waals surface area contributed by atoms with Crippen LogP contribution in [0.5, 0.6) is 0 Å². The molecule has 5 unspecified atom stereocenters. The molecular formula is C9H15N. The summed E-state index contributed by atoms with van der Waals surface area (Å²) in [7, 11) is 0. The highest BCUT2D eigenvalue weighted by molar-refractivity contribution is 5.10. The molecule has 3 rings (SSSR count). The summed E-state index contributed by atoms with van der Waals surface area (Å²) in [6.45, 7) is 2.35. The summed E-state index contributed by atoms with van der Waals surface area (Å²) < 4.78 is 0. The fraction of sp³-hybridized carbons (Fsp3) is 1.00. The highest BCUT2D eigenvalue weighted by Crippen LogP contribution is 2.53. The van der Waals surface area contributed by atoms with Gasteiger partial charge < -0.3 is 5.32 Å². The van der Waals surface area contributed by atoms with E-state index in [9.17, 15) is 0 Å². The van der Waals surface area contributed by atoms with Crippen molar-refractivity contribution in [2.75, 3.05) is 0 Å². The highest BCUT2D eigenvalue weighted by Gasteiger charge is 2.55. The molecule has 0 amide bonds. The second-order valence-electron chi connectivity index (χ2n) is 4.39. The Morgan fingerprint density at radius 2 is 2.00 bits per heavy atom. The molecule has 0 aromatic heterocycles. The Morgan fingerprint density at radius 3 is 2.60 bits per heavy atom. The first-order valence-electron chi connectivity index (χ1n) is 4.62. The minimum atomic E-state index is 0.847. The van der Waals surface area contributed by atoms with Gasteiger partial charge in [0.1, 0.15) is 0 Å². The summed E-state index contributed by atoms with van der Waals surface area (Å²) in [5.74, 6) is 3.27. The van der Waals surface area contributed by atoms with E-state index in [1.807, 2.05) is 0 Å². The highest BCUT2D eigenvalue weighted by atomic mass is 15.1. The average molecular weight is 137 g/mol. The second-order valence-corrected chi connectivity index (χ2v) is 4.39. The lowest BCUT2D eigenvalue weighted by atomic mass is 9.74. The van der Waals surface area contributed by atoms with Gasteiger partial charge in [-0.1, -0.05) is 0 Å². The normalized spacial score (nSPS) is 63.9. The monoisotopic (exact) mass is 137 g/mol. The minimum absolute atomic E-state index is 0.847. The summed E-state index contributed by atoms with van der Waals surface area (Å²) in [4.78, 5) is 0. The lowest BCUT2D eigenvalue weighted by Crippen LogP contribution is -2.62. The fourth-order valence-corrected chi connectivity index (χ4v) is 3.60. The molecule has 1 N–H and O–H groups in total. The Morgan fingerprint density at radius 1 is 1.20 bits per heavy atom. The van der Waals surface area contributed by atoms with Crippen LogP contribution in [0.1, 0.15) is 26.2 Å². The van der Waals surface area contributed by atoms with Crippen LogP contribution in [0.2, 0.25) is 0 Å². The van der Waals surface area contributed by atoms with Gasteiger partial charge in [0.25, 0.3) is 0 Å². The molecule has 2 aliphatic carbocycles. The van der Waals surface area contributed by atoms with Gasteiger partial charge in [-0.2, -0.15) is 0 Å². The fourth-order valence-electron chi connectivity index (χ4n) is 3.60. The summed E-state index contributed by atoms with van der Waals surface area (Å²) in [6.07, 6.45) is 4.61. The van der Waals surface area contributed by atoms with Crippen molar-refractivity contribution < 1.29 is 0 Å². The SMILES string of the molecule is CC1NC2C3CCC(C3)C12. The largest absolute Gasteiger partial charge is 0.311 e. The van der Waals surface area contributed by atoms with Gasteiger partial charge in [0.15, 0.2) is 0 Å².